The van der Waals surface area contributed by atoms with Crippen LogP contribution in [0.1, 0.15) is 341 Å². The molecular weight excluding hydrogens is 803 g/mol. The van der Waals surface area contributed by atoms with Crippen LogP contribution >= 0.6 is 0 Å². The summed E-state index contributed by atoms with van der Waals surface area (Å²) in [5, 5.41) is 44.0. The highest BCUT2D eigenvalue weighted by molar-refractivity contribution is 5.80. The third-order valence-corrected chi connectivity index (χ3v) is 14.6. The minimum Gasteiger partial charge on any atom is -0.394 e. The van der Waals surface area contributed by atoms with Crippen molar-refractivity contribution in [1.29, 1.82) is 0 Å². The van der Waals surface area contributed by atoms with E-state index in [-0.39, 0.29) is 0 Å². The van der Waals surface area contributed by atoms with E-state index >= 15 is 0 Å². The van der Waals surface area contributed by atoms with Gasteiger partial charge in [-0.1, -0.05) is 328 Å². The first-order valence-corrected chi connectivity index (χ1v) is 29.9. The van der Waals surface area contributed by atoms with E-state index in [0.29, 0.717) is 12.8 Å². The third kappa shape index (κ3) is 48.1. The zero-order valence-corrected chi connectivity index (χ0v) is 44.3. The summed E-state index contributed by atoms with van der Waals surface area (Å²) in [6, 6.07) is -0.980. The number of aliphatic hydroxyl groups excluding tert-OH is 4. The first kappa shape index (κ1) is 64.3. The van der Waals surface area contributed by atoms with Crippen LogP contribution in [0.2, 0.25) is 0 Å². The van der Waals surface area contributed by atoms with Crippen molar-refractivity contribution in [2.45, 2.75) is 366 Å². The molecule has 0 aliphatic rings. The highest BCUT2D eigenvalue weighted by Crippen LogP contribution is 2.19. The molecule has 0 heterocycles. The predicted octanol–water partition coefficient (Wildman–Crippen LogP) is 17.5. The highest BCUT2D eigenvalue weighted by Gasteiger charge is 2.28. The maximum Gasteiger partial charge on any atom is 0.249 e. The number of aliphatic hydroxyl groups is 4. The van der Waals surface area contributed by atoms with Crippen LogP contribution in [0.3, 0.4) is 0 Å². The molecule has 390 valence electrons. The molecule has 1 amide bonds. The molecule has 65 heavy (non-hydrogen) atoms. The second-order valence-corrected chi connectivity index (χ2v) is 21.1. The van der Waals surface area contributed by atoms with Crippen molar-refractivity contribution < 1.29 is 25.2 Å². The van der Waals surface area contributed by atoms with Gasteiger partial charge < -0.3 is 25.7 Å². The number of carbonyl (C=O) groups is 1. The van der Waals surface area contributed by atoms with E-state index in [2.05, 4.69) is 19.2 Å². The van der Waals surface area contributed by atoms with Gasteiger partial charge in [-0.2, -0.15) is 0 Å². The van der Waals surface area contributed by atoms with Crippen LogP contribution in [0.15, 0.2) is 0 Å². The van der Waals surface area contributed by atoms with Gasteiger partial charge in [0.2, 0.25) is 5.91 Å². The summed E-state index contributed by atoms with van der Waals surface area (Å²) < 4.78 is 0. The van der Waals surface area contributed by atoms with Gasteiger partial charge in [-0.25, -0.2) is 0 Å². The molecule has 0 aliphatic carbocycles. The Morgan fingerprint density at radius 2 is 0.523 bits per heavy atom. The molecule has 0 rings (SSSR count). The molecule has 6 heteroatoms. The smallest absolute Gasteiger partial charge is 0.249 e. The third-order valence-electron chi connectivity index (χ3n) is 14.6. The molecule has 0 radical (unpaired) electrons. The Hall–Kier alpha value is -0.690. The van der Waals surface area contributed by atoms with Gasteiger partial charge >= 0.3 is 0 Å². The monoisotopic (exact) mass is 922 g/mol. The second kappa shape index (κ2) is 54.3. The van der Waals surface area contributed by atoms with Crippen LogP contribution in [0.5, 0.6) is 0 Å². The molecule has 0 fully saturated rings. The minimum atomic E-state index is -1.25. The fourth-order valence-corrected chi connectivity index (χ4v) is 9.88. The molecule has 0 spiro atoms. The molecular formula is C59H119NO5. The first-order chi connectivity index (χ1) is 32.0. The van der Waals surface area contributed by atoms with Crippen LogP contribution in [-0.2, 0) is 4.79 Å². The topological polar surface area (TPSA) is 110 Å². The maximum atomic E-state index is 12.6. The summed E-state index contributed by atoms with van der Waals surface area (Å²) >= 11 is 0. The molecule has 0 saturated carbocycles. The number of unbranched alkanes of at least 4 members (excludes halogenated alkanes) is 47. The molecule has 0 aromatic carbocycles. The van der Waals surface area contributed by atoms with Crippen LogP contribution in [0.25, 0.3) is 0 Å². The van der Waals surface area contributed by atoms with Crippen LogP contribution in [-0.4, -0.2) is 57.3 Å². The molecule has 0 aromatic rings. The van der Waals surface area contributed by atoms with Crippen LogP contribution in [0, 0.1) is 0 Å². The highest BCUT2D eigenvalue weighted by atomic mass is 16.3. The van der Waals surface area contributed by atoms with Crippen molar-refractivity contribution in [3.63, 3.8) is 0 Å². The fourth-order valence-electron chi connectivity index (χ4n) is 9.88. The van der Waals surface area contributed by atoms with Crippen LogP contribution < -0.4 is 5.32 Å². The second-order valence-electron chi connectivity index (χ2n) is 21.1. The fraction of sp³-hybridized carbons (Fsp3) is 0.983. The zero-order valence-electron chi connectivity index (χ0n) is 44.3. The van der Waals surface area contributed by atoms with E-state index in [1.807, 2.05) is 0 Å². The van der Waals surface area contributed by atoms with Gasteiger partial charge in [0.05, 0.1) is 18.8 Å². The van der Waals surface area contributed by atoms with Gasteiger partial charge in [0, 0.05) is 0 Å². The number of rotatable bonds is 56. The van der Waals surface area contributed by atoms with Crippen molar-refractivity contribution in [3.05, 3.63) is 0 Å². The summed E-state index contributed by atoms with van der Waals surface area (Å²) in [5.41, 5.74) is 0. The average Bonchev–Trinajstić information content (AvgIpc) is 3.31. The lowest BCUT2D eigenvalue weighted by Crippen LogP contribution is -2.53. The molecule has 0 aromatic heterocycles. The Morgan fingerprint density at radius 3 is 0.738 bits per heavy atom. The zero-order chi connectivity index (χ0) is 47.4. The number of hydrogen-bond acceptors (Lipinski definition) is 5. The number of carbonyl (C=O) groups excluding carboxylic acids is 1. The Morgan fingerprint density at radius 1 is 0.323 bits per heavy atom. The first-order valence-electron chi connectivity index (χ1n) is 29.9. The largest absolute Gasteiger partial charge is 0.394 e. The maximum absolute atomic E-state index is 12.6. The van der Waals surface area contributed by atoms with Gasteiger partial charge in [-0.3, -0.25) is 4.79 Å². The molecule has 0 aliphatic heterocycles. The quantitative estimate of drug-likeness (QED) is 0.0390. The Balaban J connectivity index is 3.52. The molecule has 6 nitrogen and oxygen atoms in total. The molecule has 0 bridgehead atoms. The Bertz CT molecular complexity index is 902. The molecule has 0 saturated heterocycles. The van der Waals surface area contributed by atoms with Crippen molar-refractivity contribution in [1.82, 2.24) is 5.32 Å². The van der Waals surface area contributed by atoms with Gasteiger partial charge in [-0.05, 0) is 12.8 Å². The molecule has 4 atom stereocenters. The molecule has 4 unspecified atom stereocenters. The Kier molecular flexibility index (Phi) is 53.7. The number of hydrogen-bond donors (Lipinski definition) is 5. The van der Waals surface area contributed by atoms with E-state index in [4.69, 9.17) is 0 Å². The SMILES string of the molecule is CCCCCCCCCCCCCCCCCCCCCCCCCCCCCCCCCCC(O)C(=O)NC(CO)C(O)C(O)CCCCCCCCCCCCCCCCCCC. The van der Waals surface area contributed by atoms with Crippen molar-refractivity contribution in [3.8, 4) is 0 Å². The number of amides is 1. The Labute approximate surface area is 407 Å². The summed E-state index contributed by atoms with van der Waals surface area (Å²) in [7, 11) is 0. The lowest BCUT2D eigenvalue weighted by molar-refractivity contribution is -0.132. The lowest BCUT2D eigenvalue weighted by Gasteiger charge is -2.27. The average molecular weight is 923 g/mol. The van der Waals surface area contributed by atoms with E-state index in [0.717, 1.165) is 38.5 Å². The molecule has 5 N–H and O–H groups in total. The van der Waals surface area contributed by atoms with Crippen molar-refractivity contribution in [2.75, 3.05) is 6.61 Å². The van der Waals surface area contributed by atoms with Gasteiger partial charge in [0.1, 0.15) is 12.2 Å². The van der Waals surface area contributed by atoms with Gasteiger partial charge in [-0.15, -0.1) is 0 Å². The minimum absolute atomic E-state index is 0.376. The van der Waals surface area contributed by atoms with Crippen molar-refractivity contribution in [2.24, 2.45) is 0 Å². The number of nitrogens with one attached hydrogen (secondary N) is 1. The van der Waals surface area contributed by atoms with Crippen molar-refractivity contribution >= 4 is 5.91 Å². The summed E-state index contributed by atoms with van der Waals surface area (Å²) in [4.78, 5) is 12.6. The van der Waals surface area contributed by atoms with E-state index in [9.17, 15) is 25.2 Å². The summed E-state index contributed by atoms with van der Waals surface area (Å²) in [5.74, 6) is -0.575. The lowest BCUT2D eigenvalue weighted by atomic mass is 9.99. The normalized spacial score (nSPS) is 13.6. The van der Waals surface area contributed by atoms with E-state index in [1.165, 1.54) is 276 Å². The summed E-state index contributed by atoms with van der Waals surface area (Å²) in [6.07, 6.45) is 63.3. The van der Waals surface area contributed by atoms with Gasteiger partial charge in [0.25, 0.3) is 0 Å². The van der Waals surface area contributed by atoms with Gasteiger partial charge in [0.15, 0.2) is 0 Å². The summed E-state index contributed by atoms with van der Waals surface area (Å²) in [6.45, 7) is 4.10. The van der Waals surface area contributed by atoms with E-state index < -0.39 is 36.9 Å². The standard InChI is InChI=1S/C59H119NO5/c1-3-5-7-9-11-13-15-17-19-21-22-23-24-25-26-27-28-29-30-31-32-33-34-35-37-39-41-43-45-47-49-51-53-57(63)59(65)60-55(54-61)58(64)56(62)52-50-48-46-44-42-40-38-36-20-18-16-14-12-10-8-6-4-2/h55-58,61-64H,3-54H2,1-2H3,(H,60,65). The predicted molar refractivity (Wildman–Crippen MR) is 284 cm³/mol. The van der Waals surface area contributed by atoms with E-state index in [1.54, 1.807) is 0 Å². The van der Waals surface area contributed by atoms with Crippen LogP contribution in [0.4, 0.5) is 0 Å².